The molecule has 5 heteroatoms. The fraction of sp³-hybridized carbons (Fsp3) is 0.0556. The third-order valence-electron chi connectivity index (χ3n) is 3.43. The molecular weight excluding hydrogens is 290 g/mol. The standard InChI is InChI=1S/C18H15N3O2/c1-13(22)15-4-2-5-16(12-15)20-18(23)14-6-8-17(9-7-14)21-11-3-10-19-21/h2-12H,1H3,(H,20,23). The normalized spacial score (nSPS) is 10.3. The summed E-state index contributed by atoms with van der Waals surface area (Å²) < 4.78 is 1.72. The molecule has 0 spiro atoms. The molecule has 3 aromatic rings. The van der Waals surface area contributed by atoms with Crippen molar-refractivity contribution in [3.63, 3.8) is 0 Å². The van der Waals surface area contributed by atoms with Gasteiger partial charge in [0.15, 0.2) is 5.78 Å². The third kappa shape index (κ3) is 3.35. The van der Waals surface area contributed by atoms with Crippen LogP contribution in [-0.2, 0) is 0 Å². The Hall–Kier alpha value is -3.21. The monoisotopic (exact) mass is 305 g/mol. The number of aromatic nitrogens is 2. The summed E-state index contributed by atoms with van der Waals surface area (Å²) in [5.41, 5.74) is 2.58. The number of hydrogen-bond donors (Lipinski definition) is 1. The zero-order valence-corrected chi connectivity index (χ0v) is 12.6. The van der Waals surface area contributed by atoms with Crippen LogP contribution in [0.3, 0.4) is 0 Å². The van der Waals surface area contributed by atoms with Crippen LogP contribution in [0, 0.1) is 0 Å². The van der Waals surface area contributed by atoms with Crippen LogP contribution in [0.15, 0.2) is 67.0 Å². The number of amides is 1. The average Bonchev–Trinajstić information content (AvgIpc) is 3.09. The SMILES string of the molecule is CC(=O)c1cccc(NC(=O)c2ccc(-n3cccn3)cc2)c1. The van der Waals surface area contributed by atoms with Crippen molar-refractivity contribution >= 4 is 17.4 Å². The Morgan fingerprint density at radius 1 is 1.00 bits per heavy atom. The van der Waals surface area contributed by atoms with E-state index < -0.39 is 0 Å². The highest BCUT2D eigenvalue weighted by molar-refractivity contribution is 6.05. The first-order valence-electron chi connectivity index (χ1n) is 7.16. The van der Waals surface area contributed by atoms with Gasteiger partial charge in [0.25, 0.3) is 5.91 Å². The van der Waals surface area contributed by atoms with Crippen LogP contribution in [0.2, 0.25) is 0 Å². The Kier molecular flexibility index (Phi) is 4.01. The molecule has 0 radical (unpaired) electrons. The minimum absolute atomic E-state index is 0.0373. The minimum Gasteiger partial charge on any atom is -0.322 e. The predicted octanol–water partition coefficient (Wildman–Crippen LogP) is 3.33. The van der Waals surface area contributed by atoms with E-state index in [1.54, 1.807) is 47.3 Å². The van der Waals surface area contributed by atoms with Crippen molar-refractivity contribution in [2.75, 3.05) is 5.32 Å². The van der Waals surface area contributed by atoms with Crippen LogP contribution in [0.5, 0.6) is 0 Å². The Morgan fingerprint density at radius 2 is 1.78 bits per heavy atom. The highest BCUT2D eigenvalue weighted by Crippen LogP contribution is 2.14. The van der Waals surface area contributed by atoms with Crippen LogP contribution in [0.1, 0.15) is 27.6 Å². The van der Waals surface area contributed by atoms with Gasteiger partial charge in [-0.2, -0.15) is 5.10 Å². The molecule has 1 heterocycles. The number of carbonyl (C=O) groups excluding carboxylic acids is 2. The fourth-order valence-electron chi connectivity index (χ4n) is 2.21. The zero-order valence-electron chi connectivity index (χ0n) is 12.6. The van der Waals surface area contributed by atoms with E-state index in [9.17, 15) is 9.59 Å². The number of hydrogen-bond acceptors (Lipinski definition) is 3. The summed E-state index contributed by atoms with van der Waals surface area (Å²) in [5.74, 6) is -0.262. The average molecular weight is 305 g/mol. The molecule has 3 rings (SSSR count). The summed E-state index contributed by atoms with van der Waals surface area (Å²) in [4.78, 5) is 23.7. The molecule has 0 aliphatic heterocycles. The number of nitrogens with one attached hydrogen (secondary N) is 1. The lowest BCUT2D eigenvalue weighted by atomic mass is 10.1. The molecule has 0 aliphatic carbocycles. The van der Waals surface area contributed by atoms with E-state index in [4.69, 9.17) is 0 Å². The predicted molar refractivity (Wildman–Crippen MR) is 88.0 cm³/mol. The molecule has 1 amide bonds. The molecule has 0 atom stereocenters. The van der Waals surface area contributed by atoms with Crippen molar-refractivity contribution in [2.24, 2.45) is 0 Å². The van der Waals surface area contributed by atoms with E-state index in [2.05, 4.69) is 10.4 Å². The smallest absolute Gasteiger partial charge is 0.255 e. The van der Waals surface area contributed by atoms with Gasteiger partial charge in [-0.05, 0) is 49.4 Å². The highest BCUT2D eigenvalue weighted by Gasteiger charge is 2.08. The molecule has 0 bridgehead atoms. The van der Waals surface area contributed by atoms with Crippen molar-refractivity contribution in [3.8, 4) is 5.69 Å². The first-order valence-corrected chi connectivity index (χ1v) is 7.16. The third-order valence-corrected chi connectivity index (χ3v) is 3.43. The highest BCUT2D eigenvalue weighted by atomic mass is 16.1. The molecule has 0 unspecified atom stereocenters. The van der Waals surface area contributed by atoms with Crippen LogP contribution in [0.25, 0.3) is 5.69 Å². The van der Waals surface area contributed by atoms with Crippen molar-refractivity contribution in [2.45, 2.75) is 6.92 Å². The summed E-state index contributed by atoms with van der Waals surface area (Å²) in [6.07, 6.45) is 3.53. The lowest BCUT2D eigenvalue weighted by Crippen LogP contribution is -2.12. The molecule has 23 heavy (non-hydrogen) atoms. The minimum atomic E-state index is -0.224. The largest absolute Gasteiger partial charge is 0.322 e. The van der Waals surface area contributed by atoms with E-state index in [0.717, 1.165) is 5.69 Å². The second kappa shape index (κ2) is 6.27. The fourth-order valence-corrected chi connectivity index (χ4v) is 2.21. The van der Waals surface area contributed by atoms with E-state index in [1.807, 2.05) is 24.4 Å². The van der Waals surface area contributed by atoms with Crippen molar-refractivity contribution < 1.29 is 9.59 Å². The first-order chi connectivity index (χ1) is 11.1. The van der Waals surface area contributed by atoms with E-state index in [0.29, 0.717) is 16.8 Å². The molecular formula is C18H15N3O2. The number of benzene rings is 2. The number of carbonyl (C=O) groups is 2. The van der Waals surface area contributed by atoms with Gasteiger partial charge in [-0.25, -0.2) is 4.68 Å². The summed E-state index contributed by atoms with van der Waals surface area (Å²) in [6.45, 7) is 1.49. The van der Waals surface area contributed by atoms with Crippen LogP contribution in [0.4, 0.5) is 5.69 Å². The number of nitrogens with zero attached hydrogens (tertiary/aromatic N) is 2. The molecule has 0 fully saturated rings. The Balaban J connectivity index is 1.76. The summed E-state index contributed by atoms with van der Waals surface area (Å²) in [7, 11) is 0. The van der Waals surface area contributed by atoms with E-state index >= 15 is 0 Å². The lowest BCUT2D eigenvalue weighted by molar-refractivity contribution is 0.101. The molecule has 1 aromatic heterocycles. The van der Waals surface area contributed by atoms with Crippen molar-refractivity contribution in [1.82, 2.24) is 9.78 Å². The number of rotatable bonds is 4. The summed E-state index contributed by atoms with van der Waals surface area (Å²) in [6, 6.07) is 15.8. The maximum Gasteiger partial charge on any atom is 0.255 e. The van der Waals surface area contributed by atoms with Crippen LogP contribution < -0.4 is 5.32 Å². The maximum absolute atomic E-state index is 12.3. The molecule has 114 valence electrons. The Morgan fingerprint density at radius 3 is 2.43 bits per heavy atom. The van der Waals surface area contributed by atoms with Gasteiger partial charge in [0, 0.05) is 29.2 Å². The topological polar surface area (TPSA) is 64.0 Å². The first kappa shape index (κ1) is 14.7. The summed E-state index contributed by atoms with van der Waals surface area (Å²) >= 11 is 0. The van der Waals surface area contributed by atoms with Gasteiger partial charge < -0.3 is 5.32 Å². The molecule has 2 aromatic carbocycles. The van der Waals surface area contributed by atoms with Crippen molar-refractivity contribution in [3.05, 3.63) is 78.1 Å². The quantitative estimate of drug-likeness (QED) is 0.752. The summed E-state index contributed by atoms with van der Waals surface area (Å²) in [5, 5.41) is 6.93. The van der Waals surface area contributed by atoms with Gasteiger partial charge in [0.05, 0.1) is 5.69 Å². The van der Waals surface area contributed by atoms with Gasteiger partial charge in [-0.15, -0.1) is 0 Å². The van der Waals surface area contributed by atoms with E-state index in [1.165, 1.54) is 6.92 Å². The van der Waals surface area contributed by atoms with E-state index in [-0.39, 0.29) is 11.7 Å². The lowest BCUT2D eigenvalue weighted by Gasteiger charge is -2.07. The molecule has 5 nitrogen and oxygen atoms in total. The second-order valence-corrected chi connectivity index (χ2v) is 5.09. The van der Waals surface area contributed by atoms with Gasteiger partial charge in [0.2, 0.25) is 0 Å². The molecule has 0 saturated heterocycles. The Bertz CT molecular complexity index is 837. The number of Topliss-reactive ketones (excluding diaryl/α,β-unsaturated/α-hetero) is 1. The van der Waals surface area contributed by atoms with Crippen molar-refractivity contribution in [1.29, 1.82) is 0 Å². The van der Waals surface area contributed by atoms with Gasteiger partial charge in [-0.3, -0.25) is 9.59 Å². The molecule has 0 saturated carbocycles. The van der Waals surface area contributed by atoms with Crippen LogP contribution >= 0.6 is 0 Å². The maximum atomic E-state index is 12.3. The van der Waals surface area contributed by atoms with Gasteiger partial charge >= 0.3 is 0 Å². The van der Waals surface area contributed by atoms with Crippen LogP contribution in [-0.4, -0.2) is 21.5 Å². The number of anilines is 1. The molecule has 1 N–H and O–H groups in total. The Labute approximate surface area is 133 Å². The zero-order chi connectivity index (χ0) is 16.2. The molecule has 0 aliphatic rings. The van der Waals surface area contributed by atoms with Gasteiger partial charge in [-0.1, -0.05) is 12.1 Å². The second-order valence-electron chi connectivity index (χ2n) is 5.09. The van der Waals surface area contributed by atoms with Gasteiger partial charge in [0.1, 0.15) is 0 Å². The number of ketones is 1.